The van der Waals surface area contributed by atoms with Crippen LogP contribution in [-0.2, 0) is 6.54 Å². The summed E-state index contributed by atoms with van der Waals surface area (Å²) >= 11 is 5.07. The number of hydrogen-bond acceptors (Lipinski definition) is 2. The first kappa shape index (κ1) is 16.0. The normalized spacial score (nSPS) is 10.8. The zero-order valence-corrected chi connectivity index (χ0v) is 13.2. The second-order valence-corrected chi connectivity index (χ2v) is 6.17. The fourth-order valence-corrected chi connectivity index (χ4v) is 2.47. The van der Waals surface area contributed by atoms with Crippen molar-refractivity contribution in [3.63, 3.8) is 0 Å². The molecule has 0 aromatic heterocycles. The van der Waals surface area contributed by atoms with Gasteiger partial charge in [-0.2, -0.15) is 11.8 Å². The Labute approximate surface area is 122 Å². The van der Waals surface area contributed by atoms with Crippen molar-refractivity contribution in [2.45, 2.75) is 32.2 Å². The van der Waals surface area contributed by atoms with E-state index in [0.717, 1.165) is 18.7 Å². The van der Waals surface area contributed by atoms with E-state index in [-0.39, 0.29) is 5.82 Å². The van der Waals surface area contributed by atoms with Gasteiger partial charge in [-0.3, -0.25) is 0 Å². The van der Waals surface area contributed by atoms with E-state index in [4.69, 9.17) is 0 Å². The molecular formula is C14H21BrFNS. The van der Waals surface area contributed by atoms with Crippen LogP contribution in [0.3, 0.4) is 0 Å². The average molecular weight is 334 g/mol. The Morgan fingerprint density at radius 1 is 1.22 bits per heavy atom. The van der Waals surface area contributed by atoms with Gasteiger partial charge >= 0.3 is 0 Å². The molecule has 0 heterocycles. The van der Waals surface area contributed by atoms with Crippen LogP contribution in [0.4, 0.5) is 4.39 Å². The third kappa shape index (κ3) is 6.76. The maximum Gasteiger partial charge on any atom is 0.137 e. The van der Waals surface area contributed by atoms with E-state index < -0.39 is 0 Å². The number of rotatable bonds is 9. The SMILES string of the molecule is CSCCCCCCNCc1ccc(Br)c(F)c1. The Morgan fingerprint density at radius 3 is 2.72 bits per heavy atom. The van der Waals surface area contributed by atoms with Gasteiger partial charge in [0.05, 0.1) is 4.47 Å². The fraction of sp³-hybridized carbons (Fsp3) is 0.571. The first-order chi connectivity index (χ1) is 8.74. The van der Waals surface area contributed by atoms with E-state index in [2.05, 4.69) is 27.5 Å². The van der Waals surface area contributed by atoms with Crippen LogP contribution in [0.2, 0.25) is 0 Å². The third-order valence-electron chi connectivity index (χ3n) is 2.77. The van der Waals surface area contributed by atoms with Crippen molar-refractivity contribution < 1.29 is 4.39 Å². The van der Waals surface area contributed by atoms with Gasteiger partial charge in [-0.1, -0.05) is 18.9 Å². The third-order valence-corrected chi connectivity index (χ3v) is 4.11. The summed E-state index contributed by atoms with van der Waals surface area (Å²) in [7, 11) is 0. The molecule has 18 heavy (non-hydrogen) atoms. The van der Waals surface area contributed by atoms with Gasteiger partial charge in [0.2, 0.25) is 0 Å². The summed E-state index contributed by atoms with van der Waals surface area (Å²) in [6.07, 6.45) is 7.27. The minimum Gasteiger partial charge on any atom is -0.313 e. The monoisotopic (exact) mass is 333 g/mol. The van der Waals surface area contributed by atoms with E-state index in [0.29, 0.717) is 4.47 Å². The molecule has 1 aromatic rings. The summed E-state index contributed by atoms with van der Waals surface area (Å²) in [5.74, 6) is 1.08. The number of unbranched alkanes of at least 4 members (excludes halogenated alkanes) is 3. The number of benzene rings is 1. The summed E-state index contributed by atoms with van der Waals surface area (Å²) in [6, 6.07) is 5.28. The Balaban J connectivity index is 2.05. The number of thioether (sulfide) groups is 1. The van der Waals surface area contributed by atoms with Crippen molar-refractivity contribution in [1.29, 1.82) is 0 Å². The van der Waals surface area contributed by atoms with Crippen molar-refractivity contribution in [2.75, 3.05) is 18.6 Å². The molecule has 0 unspecified atom stereocenters. The van der Waals surface area contributed by atoms with Gasteiger partial charge < -0.3 is 5.32 Å². The highest BCUT2D eigenvalue weighted by atomic mass is 79.9. The molecule has 0 aliphatic rings. The van der Waals surface area contributed by atoms with Crippen LogP contribution in [0.1, 0.15) is 31.2 Å². The summed E-state index contributed by atoms with van der Waals surface area (Å²) in [6.45, 7) is 1.76. The molecule has 0 aliphatic carbocycles. The Kier molecular flexibility index (Phi) is 8.72. The lowest BCUT2D eigenvalue weighted by atomic mass is 10.2. The van der Waals surface area contributed by atoms with E-state index in [1.807, 2.05) is 17.8 Å². The number of halogens is 2. The molecule has 0 atom stereocenters. The zero-order chi connectivity index (χ0) is 13.2. The van der Waals surface area contributed by atoms with E-state index in [1.54, 1.807) is 12.1 Å². The van der Waals surface area contributed by atoms with Crippen LogP contribution in [0.5, 0.6) is 0 Å². The Bertz CT molecular complexity index is 347. The van der Waals surface area contributed by atoms with Crippen LogP contribution in [0.15, 0.2) is 22.7 Å². The Hall–Kier alpha value is -0.0600. The van der Waals surface area contributed by atoms with Crippen molar-refractivity contribution in [2.24, 2.45) is 0 Å². The van der Waals surface area contributed by atoms with Crippen molar-refractivity contribution in [1.82, 2.24) is 5.32 Å². The van der Waals surface area contributed by atoms with E-state index in [1.165, 1.54) is 31.4 Å². The highest BCUT2D eigenvalue weighted by Gasteiger charge is 2.00. The second-order valence-electron chi connectivity index (χ2n) is 4.33. The molecular weight excluding hydrogens is 313 g/mol. The van der Waals surface area contributed by atoms with Gasteiger partial charge in [0.1, 0.15) is 5.82 Å². The molecule has 1 aromatic carbocycles. The lowest BCUT2D eigenvalue weighted by molar-refractivity contribution is 0.592. The Morgan fingerprint density at radius 2 is 2.00 bits per heavy atom. The minimum absolute atomic E-state index is 0.189. The van der Waals surface area contributed by atoms with Crippen LogP contribution in [0.25, 0.3) is 0 Å². The van der Waals surface area contributed by atoms with Gasteiger partial charge in [-0.05, 0) is 65.0 Å². The number of hydrogen-bond donors (Lipinski definition) is 1. The summed E-state index contributed by atoms with van der Waals surface area (Å²) < 4.78 is 13.8. The van der Waals surface area contributed by atoms with Gasteiger partial charge in [-0.25, -0.2) is 4.39 Å². The lowest BCUT2D eigenvalue weighted by Crippen LogP contribution is -2.14. The van der Waals surface area contributed by atoms with Gasteiger partial charge in [0, 0.05) is 6.54 Å². The van der Waals surface area contributed by atoms with Gasteiger partial charge in [-0.15, -0.1) is 0 Å². The molecule has 0 saturated carbocycles. The van der Waals surface area contributed by atoms with Crippen molar-refractivity contribution in [3.8, 4) is 0 Å². The summed E-state index contributed by atoms with van der Waals surface area (Å²) in [4.78, 5) is 0. The molecule has 0 amide bonds. The molecule has 4 heteroatoms. The van der Waals surface area contributed by atoms with Gasteiger partial charge in [0.25, 0.3) is 0 Å². The molecule has 0 saturated heterocycles. The van der Waals surface area contributed by atoms with Crippen LogP contribution < -0.4 is 5.32 Å². The predicted molar refractivity (Wildman–Crippen MR) is 82.7 cm³/mol. The summed E-state index contributed by atoms with van der Waals surface area (Å²) in [5, 5.41) is 3.35. The molecule has 1 rings (SSSR count). The molecule has 0 aliphatic heterocycles. The van der Waals surface area contributed by atoms with Crippen LogP contribution in [0, 0.1) is 5.82 Å². The maximum absolute atomic E-state index is 13.3. The first-order valence-corrected chi connectivity index (χ1v) is 8.56. The largest absolute Gasteiger partial charge is 0.313 e. The van der Waals surface area contributed by atoms with Crippen molar-refractivity contribution >= 4 is 27.7 Å². The standard InChI is InChI=1S/C14H21BrFNS/c1-18-9-5-3-2-4-8-17-11-12-6-7-13(15)14(16)10-12/h6-7,10,17H,2-5,8-9,11H2,1H3. The smallest absolute Gasteiger partial charge is 0.137 e. The van der Waals surface area contributed by atoms with Crippen LogP contribution >= 0.6 is 27.7 Å². The molecule has 0 radical (unpaired) electrons. The van der Waals surface area contributed by atoms with E-state index >= 15 is 0 Å². The molecule has 1 nitrogen and oxygen atoms in total. The second kappa shape index (κ2) is 9.82. The summed E-state index contributed by atoms with van der Waals surface area (Å²) in [5.41, 5.74) is 0.998. The van der Waals surface area contributed by atoms with Crippen molar-refractivity contribution in [3.05, 3.63) is 34.1 Å². The fourth-order valence-electron chi connectivity index (χ4n) is 1.73. The molecule has 0 fully saturated rings. The highest BCUT2D eigenvalue weighted by molar-refractivity contribution is 9.10. The topological polar surface area (TPSA) is 12.0 Å². The first-order valence-electron chi connectivity index (χ1n) is 6.37. The number of nitrogens with one attached hydrogen (secondary N) is 1. The minimum atomic E-state index is -0.189. The van der Waals surface area contributed by atoms with Gasteiger partial charge in [0.15, 0.2) is 0 Å². The lowest BCUT2D eigenvalue weighted by Gasteiger charge is -2.05. The zero-order valence-electron chi connectivity index (χ0n) is 10.8. The average Bonchev–Trinajstić information content (AvgIpc) is 2.37. The highest BCUT2D eigenvalue weighted by Crippen LogP contribution is 2.16. The van der Waals surface area contributed by atoms with Crippen LogP contribution in [-0.4, -0.2) is 18.6 Å². The maximum atomic E-state index is 13.3. The molecule has 1 N–H and O–H groups in total. The molecule has 0 spiro atoms. The van der Waals surface area contributed by atoms with E-state index in [9.17, 15) is 4.39 Å². The predicted octanol–water partition coefficient (Wildman–Crippen LogP) is 4.60. The molecule has 0 bridgehead atoms. The molecule has 102 valence electrons. The quantitative estimate of drug-likeness (QED) is 0.662.